The Kier molecular flexibility index (Phi) is 15.3. The van der Waals surface area contributed by atoms with Gasteiger partial charge in [-0.1, -0.05) is 82.2 Å². The van der Waals surface area contributed by atoms with Gasteiger partial charge in [-0.2, -0.15) is 0 Å². The van der Waals surface area contributed by atoms with Crippen LogP contribution in [0.5, 0.6) is 5.75 Å². The number of methoxy groups -OCH3 is 2. The highest BCUT2D eigenvalue weighted by atomic mass is 28.4. The zero-order valence-corrected chi connectivity index (χ0v) is 34.7. The molecule has 292 valence electrons. The monoisotopic (exact) mass is 748 g/mol. The molecule has 1 aliphatic heterocycles. The molecule has 2 aliphatic carbocycles. The van der Waals surface area contributed by atoms with Gasteiger partial charge in [-0.15, -0.1) is 0 Å². The fourth-order valence-corrected chi connectivity index (χ4v) is 9.12. The molecule has 1 heterocycles. The molecule has 53 heavy (non-hydrogen) atoms. The zero-order valence-electron chi connectivity index (χ0n) is 33.7. The van der Waals surface area contributed by atoms with Gasteiger partial charge in [-0.25, -0.2) is 4.79 Å². The van der Waals surface area contributed by atoms with Gasteiger partial charge in [0.25, 0.3) is 0 Å². The van der Waals surface area contributed by atoms with Crippen molar-refractivity contribution in [3.05, 3.63) is 77.4 Å². The Morgan fingerprint density at radius 2 is 1.72 bits per heavy atom. The van der Waals surface area contributed by atoms with Gasteiger partial charge in [0.05, 0.1) is 32.3 Å². The lowest BCUT2D eigenvalue weighted by molar-refractivity contribution is -0.174. The van der Waals surface area contributed by atoms with Crippen LogP contribution in [0.4, 0.5) is 0 Å². The molecular formula is C44H64O8Si. The van der Waals surface area contributed by atoms with Crippen LogP contribution >= 0.6 is 0 Å². The Hall–Kier alpha value is -3.11. The molecule has 9 heteroatoms. The Balaban J connectivity index is 1.88. The number of allylic oxidation sites excluding steroid dienone is 6. The fraction of sp³-hybridized carbons (Fsp3) is 0.614. The summed E-state index contributed by atoms with van der Waals surface area (Å²) in [5, 5.41) is -0.114. The van der Waals surface area contributed by atoms with Crippen molar-refractivity contribution < 1.29 is 37.8 Å². The smallest absolute Gasteiger partial charge is 0.333 e. The van der Waals surface area contributed by atoms with E-state index in [2.05, 4.69) is 52.1 Å². The fourth-order valence-electron chi connectivity index (χ4n) is 7.83. The minimum absolute atomic E-state index is 0.0339. The van der Waals surface area contributed by atoms with E-state index in [1.165, 1.54) is 7.11 Å². The molecule has 0 spiro atoms. The number of rotatable bonds is 18. The number of hydrogen-bond donors (Lipinski definition) is 0. The molecule has 2 unspecified atom stereocenters. The number of aldehydes is 1. The number of hydrogen-bond acceptors (Lipinski definition) is 8. The van der Waals surface area contributed by atoms with Gasteiger partial charge >= 0.3 is 5.97 Å². The van der Waals surface area contributed by atoms with Crippen LogP contribution in [0.15, 0.2) is 71.9 Å². The number of carbonyl (C=O) groups is 3. The van der Waals surface area contributed by atoms with Crippen molar-refractivity contribution >= 4 is 26.4 Å². The van der Waals surface area contributed by atoms with Gasteiger partial charge in [0.2, 0.25) is 0 Å². The molecule has 0 amide bonds. The standard InChI is InChI=1S/C44H64O8Si/c1-10-12-14-15-16-18-19-32-27-36-40-39(35(32)28-38(37(46)20-17-13-11-2)52-53(8,9)43(3,4)5)34(41(47)49-7)25-26-44(36,29-45)30-50-42(51-40)31-21-23-33(48-6)24-22-31/h10-13,21-25,27,29,32,35,38-40,42H,14-20,26,28,30H2,1-9H3/b12-10-,13-11+/t32-,35+,38-,39-,40?,42?,44+/m1/s1. The molecule has 1 saturated heterocycles. The number of benzene rings is 1. The lowest BCUT2D eigenvalue weighted by Crippen LogP contribution is -2.49. The van der Waals surface area contributed by atoms with Crippen LogP contribution in [0.1, 0.15) is 104 Å². The molecule has 4 rings (SSSR count). The van der Waals surface area contributed by atoms with Crippen LogP contribution in [-0.2, 0) is 33.0 Å². The topological polar surface area (TPSA) is 97.4 Å². The second kappa shape index (κ2) is 19.0. The van der Waals surface area contributed by atoms with E-state index in [1.54, 1.807) is 7.11 Å². The van der Waals surface area contributed by atoms with Gasteiger partial charge in [0, 0.05) is 23.5 Å². The van der Waals surface area contributed by atoms with E-state index in [0.717, 1.165) is 49.5 Å². The van der Waals surface area contributed by atoms with Crippen LogP contribution in [0.2, 0.25) is 18.1 Å². The molecule has 0 saturated carbocycles. The van der Waals surface area contributed by atoms with Crippen molar-refractivity contribution in [3.8, 4) is 5.75 Å². The first kappa shape index (κ1) is 42.6. The van der Waals surface area contributed by atoms with Crippen molar-refractivity contribution in [2.75, 3.05) is 20.8 Å². The van der Waals surface area contributed by atoms with Gasteiger partial charge in [-0.05, 0) is 100 Å². The number of ether oxygens (including phenoxy) is 4. The second-order valence-corrected chi connectivity index (χ2v) is 21.2. The van der Waals surface area contributed by atoms with Crippen molar-refractivity contribution in [2.24, 2.45) is 23.2 Å². The van der Waals surface area contributed by atoms with E-state index >= 15 is 0 Å². The van der Waals surface area contributed by atoms with E-state index in [4.69, 9.17) is 23.4 Å². The van der Waals surface area contributed by atoms with Crippen LogP contribution in [0.3, 0.4) is 0 Å². The minimum Gasteiger partial charge on any atom is -0.497 e. The molecule has 4 bridgehead atoms. The molecule has 0 N–H and O–H groups in total. The van der Waals surface area contributed by atoms with E-state index in [1.807, 2.05) is 56.3 Å². The molecule has 1 fully saturated rings. The second-order valence-electron chi connectivity index (χ2n) is 16.5. The van der Waals surface area contributed by atoms with Crippen LogP contribution < -0.4 is 4.74 Å². The molecule has 8 nitrogen and oxygen atoms in total. The van der Waals surface area contributed by atoms with Crippen LogP contribution in [-0.4, -0.2) is 59.4 Å². The molecule has 0 radical (unpaired) electrons. The van der Waals surface area contributed by atoms with Crippen molar-refractivity contribution in [1.29, 1.82) is 0 Å². The van der Waals surface area contributed by atoms with Gasteiger partial charge in [-0.3, -0.25) is 4.79 Å². The predicted molar refractivity (Wildman–Crippen MR) is 212 cm³/mol. The van der Waals surface area contributed by atoms with Crippen molar-refractivity contribution in [3.63, 3.8) is 0 Å². The third kappa shape index (κ3) is 10.2. The molecule has 1 aromatic carbocycles. The maximum Gasteiger partial charge on any atom is 0.333 e. The molecule has 1 aromatic rings. The Morgan fingerprint density at radius 1 is 1.02 bits per heavy atom. The minimum atomic E-state index is -2.41. The Bertz CT molecular complexity index is 1520. The number of esters is 1. The first-order valence-electron chi connectivity index (χ1n) is 19.6. The average molecular weight is 749 g/mol. The quantitative estimate of drug-likeness (QED) is 0.0481. The van der Waals surface area contributed by atoms with Gasteiger partial charge < -0.3 is 28.2 Å². The zero-order chi connectivity index (χ0) is 38.8. The number of ketones is 1. The summed E-state index contributed by atoms with van der Waals surface area (Å²) >= 11 is 0. The predicted octanol–water partition coefficient (Wildman–Crippen LogP) is 9.82. The maximum atomic E-state index is 14.3. The third-order valence-corrected chi connectivity index (χ3v) is 16.5. The molecule has 7 atom stereocenters. The first-order valence-corrected chi connectivity index (χ1v) is 22.5. The van der Waals surface area contributed by atoms with Gasteiger partial charge in [0.1, 0.15) is 18.1 Å². The van der Waals surface area contributed by atoms with Crippen molar-refractivity contribution in [2.45, 2.75) is 129 Å². The Morgan fingerprint density at radius 3 is 2.34 bits per heavy atom. The summed E-state index contributed by atoms with van der Waals surface area (Å²) in [5.74, 6) is -0.388. The van der Waals surface area contributed by atoms with Gasteiger partial charge in [0.15, 0.2) is 20.4 Å². The number of unbranched alkanes of at least 4 members (excludes halogenated alkanes) is 3. The summed E-state index contributed by atoms with van der Waals surface area (Å²) in [5.41, 5.74) is 1.12. The highest BCUT2D eigenvalue weighted by molar-refractivity contribution is 6.74. The first-order chi connectivity index (χ1) is 25.3. The summed E-state index contributed by atoms with van der Waals surface area (Å²) in [6.45, 7) is 15.1. The van der Waals surface area contributed by atoms with E-state index in [0.29, 0.717) is 30.6 Å². The summed E-state index contributed by atoms with van der Waals surface area (Å²) in [6, 6.07) is 7.53. The highest BCUT2D eigenvalue weighted by Gasteiger charge is 2.55. The normalized spacial score (nSPS) is 26.7. The van der Waals surface area contributed by atoms with E-state index in [-0.39, 0.29) is 35.7 Å². The van der Waals surface area contributed by atoms with Crippen molar-refractivity contribution in [1.82, 2.24) is 0 Å². The average Bonchev–Trinajstić information content (AvgIpc) is 3.35. The lowest BCUT2D eigenvalue weighted by Gasteiger charge is -2.46. The summed E-state index contributed by atoms with van der Waals surface area (Å²) < 4.78 is 31.4. The van der Waals surface area contributed by atoms with E-state index < -0.39 is 44.1 Å². The maximum absolute atomic E-state index is 14.3. The number of carbonyl (C=O) groups excluding carboxylic acids is 3. The number of Topliss-reactive ketones (excluding diaryl/α,β-unsaturated/α-hetero) is 1. The highest BCUT2D eigenvalue weighted by Crippen LogP contribution is 2.55. The largest absolute Gasteiger partial charge is 0.497 e. The molecule has 0 aromatic heterocycles. The lowest BCUT2D eigenvalue weighted by atomic mass is 9.62. The molecular weight excluding hydrogens is 685 g/mol. The summed E-state index contributed by atoms with van der Waals surface area (Å²) in [4.78, 5) is 41.5. The van der Waals surface area contributed by atoms with E-state index in [9.17, 15) is 14.4 Å². The van der Waals surface area contributed by atoms with Crippen LogP contribution in [0, 0.1) is 23.2 Å². The van der Waals surface area contributed by atoms with Crippen LogP contribution in [0.25, 0.3) is 0 Å². The third-order valence-electron chi connectivity index (χ3n) is 12.0. The molecule has 3 aliphatic rings. The Labute approximate surface area is 319 Å². The summed E-state index contributed by atoms with van der Waals surface area (Å²) in [7, 11) is 0.614. The SMILES string of the molecule is C/C=C\CCCCC[C@@H]1C=C2C3OC(c4ccc(OC)cc4)OC[C@@]2(C=O)CC=C(C(=O)OC)[C@@H]3[C@H]1C[C@@H](O[Si](C)(C)C(C)(C)C)C(=O)CC/C=C/C. The summed E-state index contributed by atoms with van der Waals surface area (Å²) in [6.07, 6.45) is 18.0.